The summed E-state index contributed by atoms with van der Waals surface area (Å²) < 4.78 is 15.5. The number of alkyl carbamates (subject to hydrolysis) is 1. The fourth-order valence-corrected chi connectivity index (χ4v) is 2.81. The molecule has 1 atom stereocenters. The molecule has 0 aliphatic heterocycles. The molecule has 0 fully saturated rings. The lowest BCUT2D eigenvalue weighted by Crippen LogP contribution is -2.44. The first kappa shape index (κ1) is 28.0. The number of ether oxygens (including phenoxy) is 3. The van der Waals surface area contributed by atoms with E-state index in [1.165, 1.54) is 38.9 Å². The van der Waals surface area contributed by atoms with E-state index in [1.54, 1.807) is 45.0 Å². The number of carbonyl (C=O) groups excluding carboxylic acids is 3. The standard InChI is InChI=1S/C25H38N2O6/c1-6-7-8-9-10-11-18-32-20-14-12-19(13-15-20)26-23(29)21(16-17-22(28)31-5)27-24(30)33-25(2,3)4/h12-17,21H,6-11,18H2,1-5H3,(H,26,29)(H,27,30)/b17-16+/t21-/m0/s1. The second-order valence-corrected chi connectivity index (χ2v) is 8.64. The molecular weight excluding hydrogens is 424 g/mol. The van der Waals surface area contributed by atoms with Gasteiger partial charge in [0.15, 0.2) is 0 Å². The molecule has 0 aliphatic rings. The quantitative estimate of drug-likeness (QED) is 0.243. The van der Waals surface area contributed by atoms with Gasteiger partial charge in [-0.2, -0.15) is 0 Å². The van der Waals surface area contributed by atoms with Gasteiger partial charge in [0.2, 0.25) is 0 Å². The molecule has 8 nitrogen and oxygen atoms in total. The SMILES string of the molecule is CCCCCCCCOc1ccc(NC(=O)[C@H](/C=C/C(=O)OC)NC(=O)OC(C)(C)C)cc1. The van der Waals surface area contributed by atoms with Crippen LogP contribution < -0.4 is 15.4 Å². The number of unbranched alkanes of at least 4 members (excludes halogenated alkanes) is 5. The summed E-state index contributed by atoms with van der Waals surface area (Å²) in [5, 5.41) is 5.15. The molecule has 0 radical (unpaired) electrons. The highest BCUT2D eigenvalue weighted by molar-refractivity contribution is 5.98. The molecular formula is C25H38N2O6. The number of hydrogen-bond acceptors (Lipinski definition) is 6. The van der Waals surface area contributed by atoms with Crippen molar-refractivity contribution in [2.45, 2.75) is 77.9 Å². The lowest BCUT2D eigenvalue weighted by molar-refractivity contribution is -0.134. The van der Waals surface area contributed by atoms with Gasteiger partial charge in [0.1, 0.15) is 17.4 Å². The van der Waals surface area contributed by atoms with Crippen molar-refractivity contribution in [3.05, 3.63) is 36.4 Å². The Balaban J connectivity index is 2.63. The van der Waals surface area contributed by atoms with Gasteiger partial charge in [-0.15, -0.1) is 0 Å². The number of rotatable bonds is 13. The third-order valence-electron chi connectivity index (χ3n) is 4.47. The highest BCUT2D eigenvalue weighted by atomic mass is 16.6. The maximum atomic E-state index is 12.7. The third kappa shape index (κ3) is 13.2. The highest BCUT2D eigenvalue weighted by Crippen LogP contribution is 2.17. The van der Waals surface area contributed by atoms with Crippen LogP contribution in [0.3, 0.4) is 0 Å². The number of benzene rings is 1. The van der Waals surface area contributed by atoms with Gasteiger partial charge in [0, 0.05) is 11.8 Å². The van der Waals surface area contributed by atoms with E-state index in [2.05, 4.69) is 22.3 Å². The van der Waals surface area contributed by atoms with Crippen molar-refractivity contribution in [2.24, 2.45) is 0 Å². The van der Waals surface area contributed by atoms with E-state index in [-0.39, 0.29) is 0 Å². The minimum atomic E-state index is -1.14. The lowest BCUT2D eigenvalue weighted by Gasteiger charge is -2.22. The molecule has 33 heavy (non-hydrogen) atoms. The number of esters is 1. The Morgan fingerprint density at radius 3 is 2.24 bits per heavy atom. The Morgan fingerprint density at radius 1 is 1.00 bits per heavy atom. The van der Waals surface area contributed by atoms with Crippen LogP contribution in [0.2, 0.25) is 0 Å². The van der Waals surface area contributed by atoms with Gasteiger partial charge in [-0.1, -0.05) is 39.0 Å². The molecule has 0 heterocycles. The maximum Gasteiger partial charge on any atom is 0.408 e. The van der Waals surface area contributed by atoms with Gasteiger partial charge < -0.3 is 24.8 Å². The smallest absolute Gasteiger partial charge is 0.408 e. The van der Waals surface area contributed by atoms with Crippen LogP contribution in [0.4, 0.5) is 10.5 Å². The van der Waals surface area contributed by atoms with Crippen molar-refractivity contribution in [1.29, 1.82) is 0 Å². The van der Waals surface area contributed by atoms with Crippen LogP contribution >= 0.6 is 0 Å². The topological polar surface area (TPSA) is 103 Å². The van der Waals surface area contributed by atoms with Crippen molar-refractivity contribution >= 4 is 23.7 Å². The largest absolute Gasteiger partial charge is 0.494 e. The van der Waals surface area contributed by atoms with Crippen molar-refractivity contribution in [1.82, 2.24) is 5.32 Å². The van der Waals surface area contributed by atoms with Crippen LogP contribution in [0.1, 0.15) is 66.2 Å². The molecule has 0 unspecified atom stereocenters. The van der Waals surface area contributed by atoms with Crippen molar-refractivity contribution in [3.8, 4) is 5.75 Å². The van der Waals surface area contributed by atoms with Gasteiger partial charge in [0.05, 0.1) is 13.7 Å². The Kier molecular flexibility index (Phi) is 12.7. The number of anilines is 1. The maximum absolute atomic E-state index is 12.7. The van der Waals surface area contributed by atoms with Crippen LogP contribution in [-0.2, 0) is 19.1 Å². The first-order valence-corrected chi connectivity index (χ1v) is 11.4. The zero-order valence-corrected chi connectivity index (χ0v) is 20.4. The van der Waals surface area contributed by atoms with Crippen LogP contribution in [0.25, 0.3) is 0 Å². The Hall–Kier alpha value is -3.03. The van der Waals surface area contributed by atoms with E-state index in [0.717, 1.165) is 24.7 Å². The van der Waals surface area contributed by atoms with E-state index in [4.69, 9.17) is 9.47 Å². The molecule has 2 amide bonds. The van der Waals surface area contributed by atoms with Crippen LogP contribution in [0.5, 0.6) is 5.75 Å². The zero-order valence-electron chi connectivity index (χ0n) is 20.4. The number of carbonyl (C=O) groups is 3. The first-order chi connectivity index (χ1) is 15.6. The molecule has 1 rings (SSSR count). The second kappa shape index (κ2) is 14.9. The Labute approximate surface area is 197 Å². The minimum absolute atomic E-state index is 0.523. The zero-order chi connectivity index (χ0) is 24.7. The number of hydrogen-bond donors (Lipinski definition) is 2. The molecule has 0 saturated carbocycles. The summed E-state index contributed by atoms with van der Waals surface area (Å²) in [5.74, 6) is -0.469. The van der Waals surface area contributed by atoms with E-state index in [0.29, 0.717) is 12.3 Å². The molecule has 2 N–H and O–H groups in total. The third-order valence-corrected chi connectivity index (χ3v) is 4.47. The summed E-state index contributed by atoms with van der Waals surface area (Å²) in [6.07, 6.45) is 8.69. The molecule has 0 bridgehead atoms. The van der Waals surface area contributed by atoms with Crippen molar-refractivity contribution in [3.63, 3.8) is 0 Å². The van der Waals surface area contributed by atoms with Crippen molar-refractivity contribution < 1.29 is 28.6 Å². The number of methoxy groups -OCH3 is 1. The fraction of sp³-hybridized carbons (Fsp3) is 0.560. The molecule has 8 heteroatoms. The number of nitrogens with one attached hydrogen (secondary N) is 2. The average Bonchev–Trinajstić information content (AvgIpc) is 2.75. The van der Waals surface area contributed by atoms with Crippen molar-refractivity contribution in [2.75, 3.05) is 19.0 Å². The summed E-state index contributed by atoms with van der Waals surface area (Å²) in [7, 11) is 1.22. The molecule has 0 aliphatic carbocycles. The van der Waals surface area contributed by atoms with E-state index < -0.39 is 29.6 Å². The summed E-state index contributed by atoms with van der Waals surface area (Å²) in [6.45, 7) is 7.98. The molecule has 184 valence electrons. The summed E-state index contributed by atoms with van der Waals surface area (Å²) >= 11 is 0. The number of amides is 2. The monoisotopic (exact) mass is 462 g/mol. The van der Waals surface area contributed by atoms with E-state index in [9.17, 15) is 14.4 Å². The van der Waals surface area contributed by atoms with Gasteiger partial charge in [-0.25, -0.2) is 9.59 Å². The van der Waals surface area contributed by atoms with E-state index in [1.807, 2.05) is 0 Å². The fourth-order valence-electron chi connectivity index (χ4n) is 2.81. The molecule has 1 aromatic rings. The van der Waals surface area contributed by atoms with Crippen LogP contribution in [-0.4, -0.2) is 43.3 Å². The molecule has 1 aromatic carbocycles. The first-order valence-electron chi connectivity index (χ1n) is 11.4. The second-order valence-electron chi connectivity index (χ2n) is 8.64. The predicted octanol–water partition coefficient (Wildman–Crippen LogP) is 4.99. The Morgan fingerprint density at radius 2 is 1.64 bits per heavy atom. The Bertz CT molecular complexity index is 768. The van der Waals surface area contributed by atoms with Gasteiger partial charge in [0.25, 0.3) is 5.91 Å². The van der Waals surface area contributed by atoms with Crippen LogP contribution in [0.15, 0.2) is 36.4 Å². The normalized spacial score (nSPS) is 12.2. The summed E-state index contributed by atoms with van der Waals surface area (Å²) in [4.78, 5) is 36.2. The van der Waals surface area contributed by atoms with Gasteiger partial charge in [-0.3, -0.25) is 4.79 Å². The minimum Gasteiger partial charge on any atom is -0.494 e. The van der Waals surface area contributed by atoms with E-state index >= 15 is 0 Å². The van der Waals surface area contributed by atoms with Gasteiger partial charge in [-0.05, 0) is 57.5 Å². The molecule has 0 aromatic heterocycles. The average molecular weight is 463 g/mol. The van der Waals surface area contributed by atoms with Gasteiger partial charge >= 0.3 is 12.1 Å². The molecule has 0 spiro atoms. The summed E-state index contributed by atoms with van der Waals surface area (Å²) in [6, 6.07) is 5.83. The molecule has 0 saturated heterocycles. The predicted molar refractivity (Wildman–Crippen MR) is 128 cm³/mol. The lowest BCUT2D eigenvalue weighted by atomic mass is 10.1. The van der Waals surface area contributed by atoms with Crippen LogP contribution in [0, 0.1) is 0 Å². The summed E-state index contributed by atoms with van der Waals surface area (Å²) in [5.41, 5.74) is -0.211. The highest BCUT2D eigenvalue weighted by Gasteiger charge is 2.23.